The zero-order valence-corrected chi connectivity index (χ0v) is 35.9. The summed E-state index contributed by atoms with van der Waals surface area (Å²) in [5.41, 5.74) is 0. The smallest absolute Gasteiger partial charge is 0.306 e. The topological polar surface area (TPSA) is 95.9 Å². The second-order valence-corrected chi connectivity index (χ2v) is 15.9. The van der Waals surface area contributed by atoms with E-state index in [0.29, 0.717) is 19.3 Å². The first-order valence-corrected chi connectivity index (χ1v) is 23.2. The Morgan fingerprint density at radius 2 is 0.944 bits per heavy atom. The average Bonchev–Trinajstić information content (AvgIpc) is 3.16. The lowest BCUT2D eigenvalue weighted by Crippen LogP contribution is -2.46. The molecule has 0 saturated heterocycles. The summed E-state index contributed by atoms with van der Waals surface area (Å²) < 4.78 is 5.88. The van der Waals surface area contributed by atoms with Gasteiger partial charge in [0.25, 0.3) is 0 Å². The Morgan fingerprint density at radius 3 is 1.43 bits per heavy atom. The van der Waals surface area contributed by atoms with Crippen molar-refractivity contribution in [1.29, 1.82) is 0 Å². The van der Waals surface area contributed by atoms with Crippen LogP contribution >= 0.6 is 0 Å². The van der Waals surface area contributed by atoms with Gasteiger partial charge in [-0.15, -0.1) is 0 Å². The lowest BCUT2D eigenvalue weighted by atomic mass is 10.0. The van der Waals surface area contributed by atoms with E-state index in [1.165, 1.54) is 116 Å². The van der Waals surface area contributed by atoms with Crippen LogP contribution in [0.1, 0.15) is 233 Å². The van der Waals surface area contributed by atoms with Gasteiger partial charge in [-0.05, 0) is 51.4 Å². The first-order valence-electron chi connectivity index (χ1n) is 23.2. The van der Waals surface area contributed by atoms with E-state index in [0.717, 1.165) is 70.6 Å². The summed E-state index contributed by atoms with van der Waals surface area (Å²) in [6.07, 6.45) is 47.7. The van der Waals surface area contributed by atoms with Gasteiger partial charge < -0.3 is 20.3 Å². The third kappa shape index (κ3) is 37.0. The predicted octanol–water partition coefficient (Wildman–Crippen LogP) is 13.3. The number of allylic oxidation sites excluding steroid dienone is 6. The van der Waals surface area contributed by atoms with Gasteiger partial charge in [0.2, 0.25) is 5.91 Å². The van der Waals surface area contributed by atoms with Crippen molar-refractivity contribution in [1.82, 2.24) is 5.32 Å². The molecule has 0 aromatic heterocycles. The maximum Gasteiger partial charge on any atom is 0.306 e. The molecule has 0 radical (unpaired) electrons. The quantitative estimate of drug-likeness (QED) is 0.0328. The zero-order valence-electron chi connectivity index (χ0n) is 35.9. The van der Waals surface area contributed by atoms with Crippen molar-refractivity contribution in [3.63, 3.8) is 0 Å². The van der Waals surface area contributed by atoms with Crippen LogP contribution in [0.3, 0.4) is 0 Å². The minimum Gasteiger partial charge on any atom is -0.462 e. The molecule has 316 valence electrons. The van der Waals surface area contributed by atoms with Gasteiger partial charge in [-0.1, -0.05) is 205 Å². The van der Waals surface area contributed by atoms with E-state index in [9.17, 15) is 19.8 Å². The van der Waals surface area contributed by atoms with Crippen molar-refractivity contribution in [3.05, 3.63) is 36.5 Å². The van der Waals surface area contributed by atoms with Crippen molar-refractivity contribution in [2.45, 2.75) is 251 Å². The molecule has 0 rings (SSSR count). The number of esters is 1. The predicted molar refractivity (Wildman–Crippen MR) is 232 cm³/mol. The first-order chi connectivity index (χ1) is 26.5. The number of aliphatic hydroxyl groups excluding tert-OH is 2. The minimum atomic E-state index is -0.792. The van der Waals surface area contributed by atoms with E-state index in [1.807, 2.05) is 0 Å². The lowest BCUT2D eigenvalue weighted by molar-refractivity contribution is -0.151. The fourth-order valence-electron chi connectivity index (χ4n) is 6.96. The summed E-state index contributed by atoms with van der Waals surface area (Å²) in [5, 5.41) is 23.6. The van der Waals surface area contributed by atoms with Crippen LogP contribution in [0.15, 0.2) is 36.5 Å². The van der Waals surface area contributed by atoms with Crippen LogP contribution in [0, 0.1) is 0 Å². The highest BCUT2D eigenvalue weighted by Crippen LogP contribution is 2.17. The van der Waals surface area contributed by atoms with Crippen molar-refractivity contribution < 1.29 is 24.5 Å². The summed E-state index contributed by atoms with van der Waals surface area (Å²) in [5.74, 6) is -0.506. The normalized spacial score (nSPS) is 13.6. The molecule has 0 bridgehead atoms. The second-order valence-electron chi connectivity index (χ2n) is 15.9. The molecule has 0 aliphatic carbocycles. The van der Waals surface area contributed by atoms with E-state index in [4.69, 9.17) is 4.74 Å². The van der Waals surface area contributed by atoms with Gasteiger partial charge in [-0.25, -0.2) is 0 Å². The largest absolute Gasteiger partial charge is 0.462 e. The Kier molecular flexibility index (Phi) is 40.7. The van der Waals surface area contributed by atoms with Crippen molar-refractivity contribution in [2.75, 3.05) is 6.61 Å². The molecular weight excluding hydrogens is 671 g/mol. The van der Waals surface area contributed by atoms with Crippen LogP contribution in [-0.2, 0) is 14.3 Å². The molecule has 0 aliphatic rings. The third-order valence-electron chi connectivity index (χ3n) is 10.5. The Balaban J connectivity index is 4.67. The van der Waals surface area contributed by atoms with Crippen LogP contribution in [0.5, 0.6) is 0 Å². The number of amides is 1. The second kappa shape index (κ2) is 42.2. The molecule has 3 atom stereocenters. The van der Waals surface area contributed by atoms with E-state index in [2.05, 4.69) is 62.5 Å². The van der Waals surface area contributed by atoms with Crippen molar-refractivity contribution in [2.24, 2.45) is 0 Å². The Hall–Kier alpha value is -1.92. The summed E-state index contributed by atoms with van der Waals surface area (Å²) in [6.45, 7) is 6.42. The maximum absolute atomic E-state index is 13.1. The first kappa shape index (κ1) is 52.1. The molecule has 0 aliphatic heterocycles. The number of hydrogen-bond acceptors (Lipinski definition) is 5. The van der Waals surface area contributed by atoms with Gasteiger partial charge in [-0.2, -0.15) is 0 Å². The third-order valence-corrected chi connectivity index (χ3v) is 10.5. The highest BCUT2D eigenvalue weighted by molar-refractivity contribution is 5.77. The highest BCUT2D eigenvalue weighted by atomic mass is 16.5. The lowest BCUT2D eigenvalue weighted by Gasteiger charge is -2.24. The van der Waals surface area contributed by atoms with Gasteiger partial charge in [0.05, 0.1) is 25.2 Å². The van der Waals surface area contributed by atoms with E-state index < -0.39 is 18.2 Å². The van der Waals surface area contributed by atoms with E-state index in [1.54, 1.807) is 0 Å². The minimum absolute atomic E-state index is 0.0575. The molecule has 6 heteroatoms. The highest BCUT2D eigenvalue weighted by Gasteiger charge is 2.24. The van der Waals surface area contributed by atoms with Crippen LogP contribution < -0.4 is 5.32 Å². The SMILES string of the molecule is CCCCCCC/C=C/C=C/C=C/CCCCCC(CC(=O)NC(CO)C(O)CCCCCCCCCCC)OC(=O)CCCCCCCCCCCC. The number of aliphatic hydroxyl groups is 2. The van der Waals surface area contributed by atoms with Crippen LogP contribution in [0.25, 0.3) is 0 Å². The van der Waals surface area contributed by atoms with Crippen molar-refractivity contribution >= 4 is 11.9 Å². The monoisotopic (exact) mass is 760 g/mol. The molecule has 3 unspecified atom stereocenters. The summed E-state index contributed by atoms with van der Waals surface area (Å²) >= 11 is 0. The van der Waals surface area contributed by atoms with Gasteiger partial charge in [-0.3, -0.25) is 9.59 Å². The number of ether oxygens (including phenoxy) is 1. The molecule has 0 aromatic rings. The molecule has 0 spiro atoms. The van der Waals surface area contributed by atoms with Gasteiger partial charge in [0, 0.05) is 6.42 Å². The average molecular weight is 760 g/mol. The molecule has 3 N–H and O–H groups in total. The molecule has 54 heavy (non-hydrogen) atoms. The van der Waals surface area contributed by atoms with Gasteiger partial charge in [0.1, 0.15) is 6.10 Å². The molecule has 0 aromatic carbocycles. The van der Waals surface area contributed by atoms with Crippen LogP contribution in [0.2, 0.25) is 0 Å². The molecule has 0 heterocycles. The van der Waals surface area contributed by atoms with Crippen LogP contribution in [-0.4, -0.2) is 46.9 Å². The number of nitrogens with one attached hydrogen (secondary N) is 1. The van der Waals surface area contributed by atoms with E-state index in [-0.39, 0.29) is 24.9 Å². The summed E-state index contributed by atoms with van der Waals surface area (Å²) in [7, 11) is 0. The molecular formula is C48H89NO5. The molecule has 0 saturated carbocycles. The Morgan fingerprint density at radius 1 is 0.537 bits per heavy atom. The standard InChI is InChI=1S/C48H89NO5/c1-4-7-10-13-16-19-21-22-23-24-25-26-28-30-33-36-39-44(54-48(53)41-38-35-32-29-20-17-14-11-8-5-2)42-47(52)49-45(43-50)46(51)40-37-34-31-27-18-15-12-9-6-3/h21-26,44-46,50-51H,4-20,27-43H2,1-3H3,(H,49,52)/b22-21+,24-23+,26-25+. The van der Waals surface area contributed by atoms with Gasteiger partial charge >= 0.3 is 5.97 Å². The molecule has 1 amide bonds. The number of carbonyl (C=O) groups excluding carboxylic acids is 2. The molecule has 0 fully saturated rings. The molecule has 6 nitrogen and oxygen atoms in total. The maximum atomic E-state index is 13.1. The Bertz CT molecular complexity index is 900. The number of unbranched alkanes of at least 4 members (excludes halogenated alkanes) is 25. The zero-order chi connectivity index (χ0) is 39.6. The summed E-state index contributed by atoms with van der Waals surface area (Å²) in [6, 6.07) is -0.707. The fraction of sp³-hybridized carbons (Fsp3) is 0.833. The number of rotatable bonds is 41. The van der Waals surface area contributed by atoms with Crippen LogP contribution in [0.4, 0.5) is 0 Å². The fourth-order valence-corrected chi connectivity index (χ4v) is 6.96. The van der Waals surface area contributed by atoms with Crippen molar-refractivity contribution in [3.8, 4) is 0 Å². The van der Waals surface area contributed by atoms with E-state index >= 15 is 0 Å². The Labute approximate surface area is 334 Å². The number of carbonyl (C=O) groups is 2. The van der Waals surface area contributed by atoms with Gasteiger partial charge in [0.15, 0.2) is 0 Å². The number of hydrogen-bond donors (Lipinski definition) is 3. The summed E-state index contributed by atoms with van der Waals surface area (Å²) in [4.78, 5) is 25.9.